The van der Waals surface area contributed by atoms with E-state index in [1.165, 1.54) is 71.2 Å². The number of likely N-dealkylation sites (N-methyl/N-ethyl adjacent to an activating group) is 1. The van der Waals surface area contributed by atoms with Gasteiger partial charge in [-0.15, -0.1) is 0 Å². The highest BCUT2D eigenvalue weighted by atomic mass is 15.2. The first kappa shape index (κ1) is 14.3. The van der Waals surface area contributed by atoms with Crippen LogP contribution in [0.5, 0.6) is 0 Å². The van der Waals surface area contributed by atoms with Crippen LogP contribution in [0.15, 0.2) is 0 Å². The molecule has 0 bridgehead atoms. The molecule has 2 atom stereocenters. The van der Waals surface area contributed by atoms with Crippen LogP contribution in [0.1, 0.15) is 45.4 Å². The standard InChI is InChI=1S/C15H31N3/c1-3-10-18-11-5-7-14(8-12-18)17(2)15-6-4-9-16-13-15/h14-16H,3-13H2,1-2H3. The van der Waals surface area contributed by atoms with Gasteiger partial charge in [-0.2, -0.15) is 0 Å². The highest BCUT2D eigenvalue weighted by molar-refractivity contribution is 4.83. The summed E-state index contributed by atoms with van der Waals surface area (Å²) in [5.74, 6) is 0. The molecule has 3 nitrogen and oxygen atoms in total. The number of rotatable bonds is 4. The molecule has 0 aromatic heterocycles. The number of hydrogen-bond donors (Lipinski definition) is 1. The van der Waals surface area contributed by atoms with Gasteiger partial charge in [0.25, 0.3) is 0 Å². The van der Waals surface area contributed by atoms with Crippen molar-refractivity contribution in [2.24, 2.45) is 0 Å². The molecule has 3 heteroatoms. The minimum atomic E-state index is 0.779. The molecule has 2 unspecified atom stereocenters. The van der Waals surface area contributed by atoms with Crippen LogP contribution in [0.3, 0.4) is 0 Å². The van der Waals surface area contributed by atoms with Gasteiger partial charge >= 0.3 is 0 Å². The van der Waals surface area contributed by atoms with E-state index in [9.17, 15) is 0 Å². The van der Waals surface area contributed by atoms with Crippen LogP contribution >= 0.6 is 0 Å². The van der Waals surface area contributed by atoms with E-state index in [-0.39, 0.29) is 0 Å². The Morgan fingerprint density at radius 2 is 1.94 bits per heavy atom. The summed E-state index contributed by atoms with van der Waals surface area (Å²) in [5, 5.41) is 3.55. The van der Waals surface area contributed by atoms with Gasteiger partial charge in [-0.3, -0.25) is 4.90 Å². The summed E-state index contributed by atoms with van der Waals surface area (Å²) < 4.78 is 0. The zero-order valence-electron chi connectivity index (χ0n) is 12.3. The first-order valence-corrected chi connectivity index (χ1v) is 7.96. The molecule has 2 heterocycles. The quantitative estimate of drug-likeness (QED) is 0.826. The molecule has 0 saturated carbocycles. The molecule has 0 spiro atoms. The Hall–Kier alpha value is -0.120. The second-order valence-corrected chi connectivity index (χ2v) is 6.09. The summed E-state index contributed by atoms with van der Waals surface area (Å²) in [6.45, 7) is 8.64. The molecule has 0 radical (unpaired) electrons. The highest BCUT2D eigenvalue weighted by Crippen LogP contribution is 2.20. The molecule has 18 heavy (non-hydrogen) atoms. The Morgan fingerprint density at radius 3 is 2.67 bits per heavy atom. The molecule has 2 saturated heterocycles. The van der Waals surface area contributed by atoms with E-state index in [1.54, 1.807) is 0 Å². The first-order chi connectivity index (χ1) is 8.81. The fourth-order valence-corrected chi connectivity index (χ4v) is 3.56. The zero-order chi connectivity index (χ0) is 12.8. The lowest BCUT2D eigenvalue weighted by atomic mass is 10.0. The van der Waals surface area contributed by atoms with Gasteiger partial charge in [0.15, 0.2) is 0 Å². The third-order valence-electron chi connectivity index (χ3n) is 4.75. The summed E-state index contributed by atoms with van der Waals surface area (Å²) in [4.78, 5) is 5.34. The number of likely N-dealkylation sites (tertiary alicyclic amines) is 1. The van der Waals surface area contributed by atoms with Crippen molar-refractivity contribution in [3.63, 3.8) is 0 Å². The smallest absolute Gasteiger partial charge is 0.0221 e. The molecule has 0 amide bonds. The lowest BCUT2D eigenvalue weighted by Gasteiger charge is -2.37. The summed E-state index contributed by atoms with van der Waals surface area (Å²) in [6.07, 6.45) is 8.19. The lowest BCUT2D eigenvalue weighted by Crippen LogP contribution is -2.48. The van der Waals surface area contributed by atoms with Gasteiger partial charge in [0.05, 0.1) is 0 Å². The van der Waals surface area contributed by atoms with Crippen molar-refractivity contribution >= 4 is 0 Å². The van der Waals surface area contributed by atoms with E-state index in [0.717, 1.165) is 12.1 Å². The third-order valence-corrected chi connectivity index (χ3v) is 4.75. The molecule has 2 rings (SSSR count). The summed E-state index contributed by atoms with van der Waals surface area (Å²) >= 11 is 0. The van der Waals surface area contributed by atoms with Crippen molar-refractivity contribution in [1.29, 1.82) is 0 Å². The number of nitrogens with zero attached hydrogens (tertiary/aromatic N) is 2. The monoisotopic (exact) mass is 253 g/mol. The molecule has 0 aliphatic carbocycles. The van der Waals surface area contributed by atoms with Crippen molar-refractivity contribution in [2.45, 2.75) is 57.5 Å². The van der Waals surface area contributed by atoms with Gasteiger partial charge in [-0.05, 0) is 71.8 Å². The van der Waals surface area contributed by atoms with E-state index in [4.69, 9.17) is 0 Å². The summed E-state index contributed by atoms with van der Waals surface area (Å²) in [6, 6.07) is 1.60. The van der Waals surface area contributed by atoms with E-state index < -0.39 is 0 Å². The van der Waals surface area contributed by atoms with Gasteiger partial charge in [0.2, 0.25) is 0 Å². The SMILES string of the molecule is CCCN1CCCC(N(C)C2CCCNC2)CC1. The highest BCUT2D eigenvalue weighted by Gasteiger charge is 2.26. The fraction of sp³-hybridized carbons (Fsp3) is 1.00. The van der Waals surface area contributed by atoms with Gasteiger partial charge in [0.1, 0.15) is 0 Å². The van der Waals surface area contributed by atoms with E-state index >= 15 is 0 Å². The molecular weight excluding hydrogens is 222 g/mol. The number of hydrogen-bond acceptors (Lipinski definition) is 3. The Morgan fingerprint density at radius 1 is 1.11 bits per heavy atom. The Labute approximate surface area is 113 Å². The predicted molar refractivity (Wildman–Crippen MR) is 78.0 cm³/mol. The second kappa shape index (κ2) is 7.46. The molecule has 106 valence electrons. The molecule has 1 N–H and O–H groups in total. The van der Waals surface area contributed by atoms with Crippen molar-refractivity contribution in [2.75, 3.05) is 39.8 Å². The molecule has 2 aliphatic rings. The maximum absolute atomic E-state index is 3.55. The summed E-state index contributed by atoms with van der Waals surface area (Å²) in [7, 11) is 2.36. The van der Waals surface area contributed by atoms with Gasteiger partial charge in [-0.1, -0.05) is 6.92 Å². The maximum Gasteiger partial charge on any atom is 0.0221 e. The van der Waals surface area contributed by atoms with E-state index in [2.05, 4.69) is 29.1 Å². The number of nitrogens with one attached hydrogen (secondary N) is 1. The third kappa shape index (κ3) is 3.94. The number of piperidine rings is 1. The fourth-order valence-electron chi connectivity index (χ4n) is 3.56. The molecule has 2 aliphatic heterocycles. The normalized spacial score (nSPS) is 31.5. The van der Waals surface area contributed by atoms with Crippen LogP contribution in [0.4, 0.5) is 0 Å². The zero-order valence-corrected chi connectivity index (χ0v) is 12.3. The van der Waals surface area contributed by atoms with Crippen molar-refractivity contribution in [1.82, 2.24) is 15.1 Å². The van der Waals surface area contributed by atoms with Crippen LogP contribution in [-0.4, -0.2) is 61.7 Å². The maximum atomic E-state index is 3.55. The van der Waals surface area contributed by atoms with E-state index in [0.29, 0.717) is 0 Å². The van der Waals surface area contributed by atoms with Crippen LogP contribution < -0.4 is 5.32 Å². The average Bonchev–Trinajstić information content (AvgIpc) is 2.65. The first-order valence-electron chi connectivity index (χ1n) is 7.96. The molecule has 2 fully saturated rings. The van der Waals surface area contributed by atoms with E-state index in [1.807, 2.05) is 0 Å². The van der Waals surface area contributed by atoms with Crippen LogP contribution in [0.25, 0.3) is 0 Å². The van der Waals surface area contributed by atoms with Crippen LogP contribution in [0, 0.1) is 0 Å². The largest absolute Gasteiger partial charge is 0.315 e. The summed E-state index contributed by atoms with van der Waals surface area (Å²) in [5.41, 5.74) is 0. The minimum absolute atomic E-state index is 0.779. The van der Waals surface area contributed by atoms with Gasteiger partial charge in [0, 0.05) is 18.6 Å². The van der Waals surface area contributed by atoms with Crippen molar-refractivity contribution in [3.8, 4) is 0 Å². The van der Waals surface area contributed by atoms with Crippen molar-refractivity contribution in [3.05, 3.63) is 0 Å². The topological polar surface area (TPSA) is 18.5 Å². The minimum Gasteiger partial charge on any atom is -0.315 e. The Kier molecular flexibility index (Phi) is 5.93. The van der Waals surface area contributed by atoms with Gasteiger partial charge in [-0.25, -0.2) is 0 Å². The van der Waals surface area contributed by atoms with Crippen molar-refractivity contribution < 1.29 is 0 Å². The molecule has 0 aromatic rings. The Bertz CT molecular complexity index is 226. The van der Waals surface area contributed by atoms with Gasteiger partial charge < -0.3 is 10.2 Å². The van der Waals surface area contributed by atoms with Crippen LogP contribution in [-0.2, 0) is 0 Å². The Balaban J connectivity index is 1.80. The molecular formula is C15H31N3. The molecule has 0 aromatic carbocycles. The second-order valence-electron chi connectivity index (χ2n) is 6.09. The predicted octanol–water partition coefficient (Wildman–Crippen LogP) is 1.93. The average molecular weight is 253 g/mol. The van der Waals surface area contributed by atoms with Crippen LogP contribution in [0.2, 0.25) is 0 Å². The lowest BCUT2D eigenvalue weighted by molar-refractivity contribution is 0.133.